The van der Waals surface area contributed by atoms with Crippen LogP contribution in [0, 0.1) is 28.6 Å². The van der Waals surface area contributed by atoms with Crippen molar-refractivity contribution in [2.45, 2.75) is 146 Å². The molecule has 0 aromatic heterocycles. The van der Waals surface area contributed by atoms with Crippen LogP contribution in [0.1, 0.15) is 146 Å². The Balaban J connectivity index is 0.000000551. The number of likely N-dealkylation sites (tertiary alicyclic amines) is 2. The normalized spacial score (nSPS) is 23.5. The first-order chi connectivity index (χ1) is 21.9. The summed E-state index contributed by atoms with van der Waals surface area (Å²) in [5, 5.41) is 18.7. The van der Waals surface area contributed by atoms with Crippen LogP contribution in [0.2, 0.25) is 0 Å². The highest BCUT2D eigenvalue weighted by Gasteiger charge is 2.24. The van der Waals surface area contributed by atoms with E-state index in [1.54, 1.807) is 0 Å². The highest BCUT2D eigenvalue weighted by Crippen LogP contribution is 2.32. The standard InChI is InChI=1S/2C9H19N.C8H17N.C7H17NO.C7H15N/c1-4-10-7-5-9(2,3)6-8-10;1-2-10-8-9-6-4-3-5-7-9;1-3-9-6-8-4-7(2)5-8;1-4-8-5-7(2,3)6-9;1-2-8-6-4-3-5-7-8/h4-8H2,1-3H3;9-10H,2-8H2,1H3;7-9H,3-6H2,1-2H3;8-9H,4-6H2,1-3H3;2-7H2,1H3. The van der Waals surface area contributed by atoms with E-state index in [-0.39, 0.29) is 12.0 Å². The van der Waals surface area contributed by atoms with Gasteiger partial charge < -0.3 is 30.9 Å². The van der Waals surface area contributed by atoms with Crippen molar-refractivity contribution in [1.29, 1.82) is 0 Å². The summed E-state index contributed by atoms with van der Waals surface area (Å²) < 4.78 is 0. The molecule has 0 amide bonds. The summed E-state index contributed by atoms with van der Waals surface area (Å²) in [6, 6.07) is 0. The summed E-state index contributed by atoms with van der Waals surface area (Å²) in [4.78, 5) is 5.05. The third kappa shape index (κ3) is 25.7. The average molecular weight is 654 g/mol. The van der Waals surface area contributed by atoms with Crippen LogP contribution in [0.25, 0.3) is 0 Å². The van der Waals surface area contributed by atoms with Crippen LogP contribution in [0.15, 0.2) is 0 Å². The molecule has 4 rings (SSSR count). The zero-order valence-corrected chi connectivity index (χ0v) is 33.3. The van der Waals surface area contributed by atoms with Gasteiger partial charge in [-0.1, -0.05) is 94.9 Å². The van der Waals surface area contributed by atoms with Crippen molar-refractivity contribution in [2.75, 3.05) is 85.1 Å². The molecular formula is C40H87N5O. The van der Waals surface area contributed by atoms with E-state index < -0.39 is 0 Å². The van der Waals surface area contributed by atoms with Crippen molar-refractivity contribution < 1.29 is 5.11 Å². The predicted octanol–water partition coefficient (Wildman–Crippen LogP) is 8.05. The fourth-order valence-corrected chi connectivity index (χ4v) is 6.59. The summed E-state index contributed by atoms with van der Waals surface area (Å²) in [6.07, 6.45) is 17.3. The second-order valence-corrected chi connectivity index (χ2v) is 16.3. The van der Waals surface area contributed by atoms with Gasteiger partial charge in [0.25, 0.3) is 0 Å². The Hall–Kier alpha value is -0.240. The topological polar surface area (TPSA) is 62.8 Å². The molecule has 0 radical (unpaired) electrons. The molecule has 0 spiro atoms. The van der Waals surface area contributed by atoms with Crippen LogP contribution in [-0.2, 0) is 0 Å². The Kier molecular flexibility index (Phi) is 28.4. The molecule has 2 saturated heterocycles. The van der Waals surface area contributed by atoms with Gasteiger partial charge in [0.15, 0.2) is 0 Å². The second kappa shape index (κ2) is 28.6. The van der Waals surface area contributed by atoms with Crippen LogP contribution in [0.5, 0.6) is 0 Å². The maximum absolute atomic E-state index is 8.78. The van der Waals surface area contributed by atoms with Crippen molar-refractivity contribution in [1.82, 2.24) is 25.8 Å². The molecule has 0 aromatic rings. The van der Waals surface area contributed by atoms with E-state index in [1.807, 2.05) is 13.8 Å². The van der Waals surface area contributed by atoms with Gasteiger partial charge in [0, 0.05) is 18.6 Å². The van der Waals surface area contributed by atoms with Crippen LogP contribution in [0.3, 0.4) is 0 Å². The van der Waals surface area contributed by atoms with Gasteiger partial charge >= 0.3 is 0 Å². The molecule has 2 heterocycles. The Labute approximate surface area is 290 Å². The molecule has 2 saturated carbocycles. The van der Waals surface area contributed by atoms with E-state index in [4.69, 9.17) is 5.11 Å². The Morgan fingerprint density at radius 1 is 0.652 bits per heavy atom. The van der Waals surface area contributed by atoms with Gasteiger partial charge in [-0.25, -0.2) is 0 Å². The zero-order chi connectivity index (χ0) is 34.7. The zero-order valence-electron chi connectivity index (χ0n) is 33.3. The minimum absolute atomic E-state index is 0.0377. The molecule has 0 atom stereocenters. The van der Waals surface area contributed by atoms with Crippen LogP contribution >= 0.6 is 0 Å². The Morgan fingerprint density at radius 3 is 1.52 bits per heavy atom. The third-order valence-electron chi connectivity index (χ3n) is 10.4. The number of hydrogen-bond acceptors (Lipinski definition) is 6. The minimum Gasteiger partial charge on any atom is -0.396 e. The molecule has 6 heteroatoms. The quantitative estimate of drug-likeness (QED) is 0.171. The van der Waals surface area contributed by atoms with Crippen molar-refractivity contribution in [3.63, 3.8) is 0 Å². The van der Waals surface area contributed by atoms with E-state index >= 15 is 0 Å². The SMILES string of the molecule is CCN1CCC(C)(C)CC1.CCN1CCCCC1.CCNCC(C)(C)CO.CCNCC1CC(C)C1.CCNCC1CCCCC1. The molecule has 6 nitrogen and oxygen atoms in total. The van der Waals surface area contributed by atoms with Crippen molar-refractivity contribution in [2.24, 2.45) is 28.6 Å². The average Bonchev–Trinajstić information content (AvgIpc) is 3.06. The first kappa shape index (κ1) is 45.8. The maximum atomic E-state index is 8.78. The van der Waals surface area contributed by atoms with Crippen molar-refractivity contribution in [3.8, 4) is 0 Å². The summed E-state index contributed by atoms with van der Waals surface area (Å²) >= 11 is 0. The van der Waals surface area contributed by atoms with Crippen LogP contribution in [0.4, 0.5) is 0 Å². The molecule has 4 aliphatic rings. The summed E-state index contributed by atoms with van der Waals surface area (Å²) in [5.41, 5.74) is 0.654. The number of nitrogens with one attached hydrogen (secondary N) is 3. The Bertz CT molecular complexity index is 630. The number of nitrogens with zero attached hydrogens (tertiary/aromatic N) is 2. The number of piperidine rings is 2. The van der Waals surface area contributed by atoms with Gasteiger partial charge in [-0.05, 0) is 147 Å². The smallest absolute Gasteiger partial charge is 0.0494 e. The molecule has 2 aliphatic heterocycles. The monoisotopic (exact) mass is 654 g/mol. The van der Waals surface area contributed by atoms with Gasteiger partial charge in [0.05, 0.1) is 0 Å². The largest absolute Gasteiger partial charge is 0.396 e. The first-order valence-electron chi connectivity index (χ1n) is 20.1. The molecule has 4 fully saturated rings. The van der Waals surface area contributed by atoms with Gasteiger partial charge in [-0.2, -0.15) is 0 Å². The van der Waals surface area contributed by atoms with Gasteiger partial charge in [-0.15, -0.1) is 0 Å². The van der Waals surface area contributed by atoms with Gasteiger partial charge in [0.1, 0.15) is 0 Å². The number of hydrogen-bond donors (Lipinski definition) is 4. The fraction of sp³-hybridized carbons (Fsp3) is 1.00. The lowest BCUT2D eigenvalue weighted by atomic mass is 9.76. The summed E-state index contributed by atoms with van der Waals surface area (Å²) in [5.74, 6) is 3.00. The second-order valence-electron chi connectivity index (χ2n) is 16.3. The lowest BCUT2D eigenvalue weighted by Crippen LogP contribution is -2.36. The van der Waals surface area contributed by atoms with Gasteiger partial charge in [-0.3, -0.25) is 0 Å². The highest BCUT2D eigenvalue weighted by molar-refractivity contribution is 4.78. The predicted molar refractivity (Wildman–Crippen MR) is 206 cm³/mol. The molecule has 4 N–H and O–H groups in total. The molecule has 0 unspecified atom stereocenters. The lowest BCUT2D eigenvalue weighted by Gasteiger charge is -2.36. The number of rotatable bonds is 12. The van der Waals surface area contributed by atoms with E-state index in [2.05, 4.69) is 81.1 Å². The Morgan fingerprint density at radius 2 is 1.11 bits per heavy atom. The van der Waals surface area contributed by atoms with Gasteiger partial charge in [0.2, 0.25) is 0 Å². The molecule has 0 bridgehead atoms. The first-order valence-corrected chi connectivity index (χ1v) is 20.1. The van der Waals surface area contributed by atoms with Crippen LogP contribution < -0.4 is 16.0 Å². The number of aliphatic hydroxyl groups excluding tert-OH is 1. The molecule has 2 aliphatic carbocycles. The summed E-state index contributed by atoms with van der Waals surface area (Å²) in [6.45, 7) is 36.7. The highest BCUT2D eigenvalue weighted by atomic mass is 16.3. The molecule has 0 aromatic carbocycles. The fourth-order valence-electron chi connectivity index (χ4n) is 6.59. The molecule has 278 valence electrons. The third-order valence-corrected chi connectivity index (χ3v) is 10.4. The van der Waals surface area contributed by atoms with E-state index in [0.717, 1.165) is 43.9 Å². The summed E-state index contributed by atoms with van der Waals surface area (Å²) in [7, 11) is 0. The minimum atomic E-state index is 0.0377. The van der Waals surface area contributed by atoms with E-state index in [0.29, 0.717) is 5.41 Å². The lowest BCUT2D eigenvalue weighted by molar-refractivity contribution is 0.138. The van der Waals surface area contributed by atoms with Crippen molar-refractivity contribution in [3.05, 3.63) is 0 Å². The van der Waals surface area contributed by atoms with E-state index in [1.165, 1.54) is 129 Å². The maximum Gasteiger partial charge on any atom is 0.0494 e. The molecule has 46 heavy (non-hydrogen) atoms. The number of aliphatic hydroxyl groups is 1. The van der Waals surface area contributed by atoms with Crippen molar-refractivity contribution >= 4 is 0 Å². The molecular weight excluding hydrogens is 566 g/mol. The van der Waals surface area contributed by atoms with Crippen LogP contribution in [-0.4, -0.2) is 100 Å². The van der Waals surface area contributed by atoms with E-state index in [9.17, 15) is 0 Å².